The van der Waals surface area contributed by atoms with E-state index in [9.17, 15) is 13.6 Å². The van der Waals surface area contributed by atoms with E-state index in [-0.39, 0.29) is 11.8 Å². The largest absolute Gasteiger partial charge is 0.494 e. The number of urea groups is 1. The molecule has 1 aromatic heterocycles. The third-order valence-corrected chi connectivity index (χ3v) is 4.50. The summed E-state index contributed by atoms with van der Waals surface area (Å²) in [5.41, 5.74) is 2.04. The molecule has 0 saturated carbocycles. The Balaban J connectivity index is 1.65. The van der Waals surface area contributed by atoms with Gasteiger partial charge in [-0.1, -0.05) is 6.07 Å². The van der Waals surface area contributed by atoms with Gasteiger partial charge in [-0.05, 0) is 12.1 Å². The van der Waals surface area contributed by atoms with Gasteiger partial charge in [0.25, 0.3) is 0 Å². The second kappa shape index (κ2) is 7.91. The number of nitrogens with one attached hydrogen (secondary N) is 1. The van der Waals surface area contributed by atoms with E-state index in [0.29, 0.717) is 38.3 Å². The van der Waals surface area contributed by atoms with Crippen molar-refractivity contribution in [3.05, 3.63) is 46.8 Å². The number of benzene rings is 1. The van der Waals surface area contributed by atoms with Crippen LogP contribution in [0.1, 0.15) is 17.0 Å². The van der Waals surface area contributed by atoms with Crippen LogP contribution in [0.25, 0.3) is 0 Å². The van der Waals surface area contributed by atoms with E-state index in [0.717, 1.165) is 11.4 Å². The topological polar surface area (TPSA) is 62.6 Å². The fourth-order valence-electron chi connectivity index (χ4n) is 3.02. The van der Waals surface area contributed by atoms with Crippen LogP contribution >= 0.6 is 0 Å². The SMILES string of the molecule is COc1ccc(CN2CCn3nc(CNC(=O)N(C)C)cc3C2)c(F)c1F. The van der Waals surface area contributed by atoms with Crippen molar-refractivity contribution in [1.29, 1.82) is 0 Å². The van der Waals surface area contributed by atoms with E-state index in [1.165, 1.54) is 18.1 Å². The van der Waals surface area contributed by atoms with Crippen LogP contribution in [-0.2, 0) is 26.2 Å². The summed E-state index contributed by atoms with van der Waals surface area (Å²) in [4.78, 5) is 15.1. The molecule has 1 aliphatic heterocycles. The Morgan fingerprint density at radius 2 is 2.07 bits per heavy atom. The van der Waals surface area contributed by atoms with E-state index < -0.39 is 11.6 Å². The molecule has 0 saturated heterocycles. The molecule has 0 bridgehead atoms. The van der Waals surface area contributed by atoms with Crippen LogP contribution in [0.15, 0.2) is 18.2 Å². The second-order valence-electron chi connectivity index (χ2n) is 6.67. The Bertz CT molecular complexity index is 837. The molecule has 146 valence electrons. The first-order valence-corrected chi connectivity index (χ1v) is 8.63. The zero-order chi connectivity index (χ0) is 19.6. The average Bonchev–Trinajstić information content (AvgIpc) is 3.05. The third kappa shape index (κ3) is 4.19. The summed E-state index contributed by atoms with van der Waals surface area (Å²) in [5, 5.41) is 7.26. The van der Waals surface area contributed by atoms with Crippen molar-refractivity contribution in [2.75, 3.05) is 27.7 Å². The highest BCUT2D eigenvalue weighted by molar-refractivity contribution is 5.73. The van der Waals surface area contributed by atoms with Crippen molar-refractivity contribution in [3.8, 4) is 5.75 Å². The summed E-state index contributed by atoms with van der Waals surface area (Å²) in [6.45, 7) is 2.53. The van der Waals surface area contributed by atoms with Crippen LogP contribution in [0.2, 0.25) is 0 Å². The first-order chi connectivity index (χ1) is 12.9. The number of ether oxygens (including phenoxy) is 1. The number of rotatable bonds is 5. The fourth-order valence-corrected chi connectivity index (χ4v) is 3.02. The number of amides is 2. The van der Waals surface area contributed by atoms with Gasteiger partial charge >= 0.3 is 6.03 Å². The molecule has 0 aliphatic carbocycles. The van der Waals surface area contributed by atoms with E-state index in [4.69, 9.17) is 4.74 Å². The lowest BCUT2D eigenvalue weighted by Gasteiger charge is -2.27. The minimum atomic E-state index is -0.962. The highest BCUT2D eigenvalue weighted by Gasteiger charge is 2.21. The highest BCUT2D eigenvalue weighted by atomic mass is 19.2. The quantitative estimate of drug-likeness (QED) is 0.863. The maximum atomic E-state index is 14.2. The summed E-state index contributed by atoms with van der Waals surface area (Å²) in [7, 11) is 4.65. The lowest BCUT2D eigenvalue weighted by atomic mass is 10.1. The van der Waals surface area contributed by atoms with Gasteiger partial charge in [0.05, 0.1) is 31.6 Å². The summed E-state index contributed by atoms with van der Waals surface area (Å²) >= 11 is 0. The maximum Gasteiger partial charge on any atom is 0.317 e. The van der Waals surface area contributed by atoms with Crippen molar-refractivity contribution >= 4 is 6.03 Å². The van der Waals surface area contributed by atoms with Gasteiger partial charge < -0.3 is 15.0 Å². The summed E-state index contributed by atoms with van der Waals surface area (Å²) in [6.07, 6.45) is 0. The molecule has 7 nitrogen and oxygen atoms in total. The number of aromatic nitrogens is 2. The van der Waals surface area contributed by atoms with Crippen LogP contribution in [0.4, 0.5) is 13.6 Å². The lowest BCUT2D eigenvalue weighted by Crippen LogP contribution is -2.34. The number of carbonyl (C=O) groups is 1. The molecule has 0 radical (unpaired) electrons. The van der Waals surface area contributed by atoms with Gasteiger partial charge in [0.1, 0.15) is 0 Å². The van der Waals surface area contributed by atoms with E-state index >= 15 is 0 Å². The summed E-state index contributed by atoms with van der Waals surface area (Å²) < 4.78 is 34.8. The minimum absolute atomic E-state index is 0.0996. The molecule has 0 spiro atoms. The molecule has 9 heteroatoms. The Labute approximate surface area is 156 Å². The lowest BCUT2D eigenvalue weighted by molar-refractivity contribution is 0.201. The Kier molecular flexibility index (Phi) is 5.59. The van der Waals surface area contributed by atoms with Gasteiger partial charge in [0.2, 0.25) is 5.82 Å². The first kappa shape index (κ1) is 19.1. The zero-order valence-corrected chi connectivity index (χ0v) is 15.6. The number of methoxy groups -OCH3 is 1. The van der Waals surface area contributed by atoms with Gasteiger partial charge in [-0.2, -0.15) is 9.49 Å². The van der Waals surface area contributed by atoms with Crippen LogP contribution in [0.3, 0.4) is 0 Å². The van der Waals surface area contributed by atoms with Crippen molar-refractivity contribution in [2.45, 2.75) is 26.2 Å². The molecule has 3 rings (SSSR count). The molecule has 1 aliphatic rings. The average molecular weight is 379 g/mol. The van der Waals surface area contributed by atoms with Gasteiger partial charge in [0, 0.05) is 39.3 Å². The van der Waals surface area contributed by atoms with Crippen LogP contribution in [-0.4, -0.2) is 53.4 Å². The Morgan fingerprint density at radius 3 is 2.78 bits per heavy atom. The number of fused-ring (bicyclic) bond motifs is 1. The number of hydrogen-bond donors (Lipinski definition) is 1. The van der Waals surface area contributed by atoms with E-state index in [1.54, 1.807) is 20.2 Å². The number of carbonyl (C=O) groups excluding carboxylic acids is 1. The molecular formula is C18H23F2N5O2. The Hall–Kier alpha value is -2.68. The summed E-state index contributed by atoms with van der Waals surface area (Å²) in [6, 6.07) is 4.73. The van der Waals surface area contributed by atoms with Crippen LogP contribution in [0.5, 0.6) is 5.75 Å². The molecule has 2 aromatic rings. The predicted octanol–water partition coefficient (Wildman–Crippen LogP) is 1.96. The molecule has 0 atom stereocenters. The number of hydrogen-bond acceptors (Lipinski definition) is 4. The van der Waals surface area contributed by atoms with Gasteiger partial charge in [0.15, 0.2) is 11.6 Å². The Morgan fingerprint density at radius 1 is 1.30 bits per heavy atom. The number of halogens is 2. The molecule has 1 aromatic carbocycles. The van der Waals surface area contributed by atoms with Crippen molar-refractivity contribution in [2.24, 2.45) is 0 Å². The van der Waals surface area contributed by atoms with E-state index in [2.05, 4.69) is 10.4 Å². The molecule has 1 N–H and O–H groups in total. The van der Waals surface area contributed by atoms with E-state index in [1.807, 2.05) is 15.6 Å². The standard InChI is InChI=1S/C18H23F2N5O2/c1-23(2)18(26)21-9-13-8-14-11-24(6-7-25(14)22-13)10-12-4-5-15(27-3)17(20)16(12)19/h4-5,8H,6-7,9-11H2,1-3H3,(H,21,26). The first-order valence-electron chi connectivity index (χ1n) is 8.63. The van der Waals surface area contributed by atoms with Crippen molar-refractivity contribution in [3.63, 3.8) is 0 Å². The maximum absolute atomic E-state index is 14.2. The smallest absolute Gasteiger partial charge is 0.317 e. The predicted molar refractivity (Wildman–Crippen MR) is 95.2 cm³/mol. The highest BCUT2D eigenvalue weighted by Crippen LogP contribution is 2.24. The molecule has 0 fully saturated rings. The molecule has 27 heavy (non-hydrogen) atoms. The van der Waals surface area contributed by atoms with Gasteiger partial charge in [-0.25, -0.2) is 9.18 Å². The molecule has 0 unspecified atom stereocenters. The third-order valence-electron chi connectivity index (χ3n) is 4.50. The molecule has 2 heterocycles. The normalized spacial score (nSPS) is 14.0. The molecule has 2 amide bonds. The zero-order valence-electron chi connectivity index (χ0n) is 15.6. The van der Waals surface area contributed by atoms with Gasteiger partial charge in [-0.3, -0.25) is 9.58 Å². The minimum Gasteiger partial charge on any atom is -0.494 e. The second-order valence-corrected chi connectivity index (χ2v) is 6.67. The molecular weight excluding hydrogens is 356 g/mol. The van der Waals surface area contributed by atoms with Crippen molar-refractivity contribution in [1.82, 2.24) is 24.9 Å². The fraction of sp³-hybridized carbons (Fsp3) is 0.444. The van der Waals surface area contributed by atoms with Crippen LogP contribution in [0, 0.1) is 11.6 Å². The van der Waals surface area contributed by atoms with Crippen LogP contribution < -0.4 is 10.1 Å². The number of nitrogens with zero attached hydrogens (tertiary/aromatic N) is 4. The van der Waals surface area contributed by atoms with Crippen molar-refractivity contribution < 1.29 is 18.3 Å². The summed E-state index contributed by atoms with van der Waals surface area (Å²) in [5.74, 6) is -1.94. The van der Waals surface area contributed by atoms with Gasteiger partial charge in [-0.15, -0.1) is 0 Å². The monoisotopic (exact) mass is 379 g/mol.